The first-order chi connectivity index (χ1) is 13.5. The zero-order valence-corrected chi connectivity index (χ0v) is 14.8. The van der Waals surface area contributed by atoms with Crippen molar-refractivity contribution in [2.45, 2.75) is 6.54 Å². The summed E-state index contributed by atoms with van der Waals surface area (Å²) in [6.45, 7) is -0.275. The Morgan fingerprint density at radius 1 is 1.32 bits per heavy atom. The van der Waals surface area contributed by atoms with Crippen molar-refractivity contribution in [2.24, 2.45) is 0 Å². The lowest BCUT2D eigenvalue weighted by atomic mass is 10.1. The Morgan fingerprint density at radius 3 is 2.75 bits per heavy atom. The number of pyridine rings is 1. The van der Waals surface area contributed by atoms with E-state index in [1.54, 1.807) is 23.9 Å². The standard InChI is InChI=1S/C19H16N4O5/c1-28-14-5-3-2-4-11(14)10-23-7-6-12-17(23)13(8-20)22-16(18(12)26)19(27)21-9-15(24)25/h2-7,26H,9-10H2,1H3,(H,21,27)(H,24,25). The van der Waals surface area contributed by atoms with Gasteiger partial charge in [-0.05, 0) is 12.1 Å². The van der Waals surface area contributed by atoms with Gasteiger partial charge in [0.05, 0.1) is 19.2 Å². The smallest absolute Gasteiger partial charge is 0.322 e. The Balaban J connectivity index is 2.07. The molecule has 0 atom stereocenters. The lowest BCUT2D eigenvalue weighted by Crippen LogP contribution is -2.30. The van der Waals surface area contributed by atoms with Gasteiger partial charge in [0.1, 0.15) is 18.4 Å². The number of aromatic nitrogens is 2. The third-order valence-electron chi connectivity index (χ3n) is 4.15. The number of carbonyl (C=O) groups is 2. The highest BCUT2D eigenvalue weighted by molar-refractivity contribution is 6.03. The molecule has 9 nitrogen and oxygen atoms in total. The van der Waals surface area contributed by atoms with Crippen LogP contribution in [0.3, 0.4) is 0 Å². The summed E-state index contributed by atoms with van der Waals surface area (Å²) in [6.07, 6.45) is 1.66. The second kappa shape index (κ2) is 7.67. The van der Waals surface area contributed by atoms with Crippen molar-refractivity contribution in [3.63, 3.8) is 0 Å². The van der Waals surface area contributed by atoms with Crippen LogP contribution in [0.25, 0.3) is 10.9 Å². The van der Waals surface area contributed by atoms with Crippen molar-refractivity contribution in [1.29, 1.82) is 5.26 Å². The van der Waals surface area contributed by atoms with Gasteiger partial charge in [0.25, 0.3) is 5.91 Å². The minimum atomic E-state index is -1.24. The van der Waals surface area contributed by atoms with Gasteiger partial charge in [0, 0.05) is 17.1 Å². The molecule has 0 bridgehead atoms. The Labute approximate surface area is 159 Å². The number of amides is 1. The summed E-state index contributed by atoms with van der Waals surface area (Å²) in [5.74, 6) is -1.87. The minimum Gasteiger partial charge on any atom is -0.505 e. The minimum absolute atomic E-state index is 0.0619. The number of nitrogens with zero attached hydrogens (tertiary/aromatic N) is 3. The van der Waals surface area contributed by atoms with Crippen LogP contribution in [0.2, 0.25) is 0 Å². The van der Waals surface area contributed by atoms with Gasteiger partial charge in [-0.2, -0.15) is 5.26 Å². The van der Waals surface area contributed by atoms with Crippen molar-refractivity contribution in [3.05, 3.63) is 53.5 Å². The van der Waals surface area contributed by atoms with Crippen molar-refractivity contribution in [2.75, 3.05) is 13.7 Å². The Kier molecular flexibility index (Phi) is 5.13. The molecule has 0 saturated carbocycles. The number of carboxylic acids is 1. The summed E-state index contributed by atoms with van der Waals surface area (Å²) in [5.41, 5.74) is 0.753. The van der Waals surface area contributed by atoms with Crippen molar-refractivity contribution in [3.8, 4) is 17.6 Å². The average molecular weight is 380 g/mol. The molecule has 3 aromatic rings. The van der Waals surface area contributed by atoms with Gasteiger partial charge >= 0.3 is 5.97 Å². The molecule has 3 rings (SSSR count). The number of para-hydroxylation sites is 1. The van der Waals surface area contributed by atoms with E-state index < -0.39 is 29.9 Å². The highest BCUT2D eigenvalue weighted by Crippen LogP contribution is 2.31. The molecule has 2 heterocycles. The zero-order valence-electron chi connectivity index (χ0n) is 14.8. The maximum absolute atomic E-state index is 12.1. The monoisotopic (exact) mass is 380 g/mol. The molecule has 142 valence electrons. The number of aliphatic carboxylic acids is 1. The van der Waals surface area contributed by atoms with E-state index in [1.165, 1.54) is 0 Å². The van der Waals surface area contributed by atoms with E-state index in [-0.39, 0.29) is 11.1 Å². The third-order valence-corrected chi connectivity index (χ3v) is 4.15. The van der Waals surface area contributed by atoms with Gasteiger partial charge in [0.15, 0.2) is 17.1 Å². The Hall–Kier alpha value is -4.06. The number of ether oxygens (including phenoxy) is 1. The molecule has 0 aliphatic rings. The third kappa shape index (κ3) is 3.43. The molecule has 0 fully saturated rings. The number of methoxy groups -OCH3 is 1. The summed E-state index contributed by atoms with van der Waals surface area (Å²) in [4.78, 5) is 26.7. The molecule has 0 spiro atoms. The Bertz CT molecular complexity index is 1110. The van der Waals surface area contributed by atoms with E-state index in [0.29, 0.717) is 17.8 Å². The van der Waals surface area contributed by atoms with E-state index in [4.69, 9.17) is 9.84 Å². The van der Waals surface area contributed by atoms with Crippen LogP contribution in [-0.4, -0.2) is 45.3 Å². The first kappa shape index (κ1) is 18.7. The summed E-state index contributed by atoms with van der Waals surface area (Å²) in [7, 11) is 1.56. The highest BCUT2D eigenvalue weighted by atomic mass is 16.5. The molecule has 0 saturated heterocycles. The molecule has 3 N–H and O–H groups in total. The van der Waals surface area contributed by atoms with E-state index in [0.717, 1.165) is 5.56 Å². The van der Waals surface area contributed by atoms with Gasteiger partial charge in [-0.3, -0.25) is 9.59 Å². The van der Waals surface area contributed by atoms with Crippen LogP contribution in [0.4, 0.5) is 0 Å². The summed E-state index contributed by atoms with van der Waals surface area (Å²) >= 11 is 0. The predicted octanol–water partition coefficient (Wildman–Crippen LogP) is 1.48. The topological polar surface area (TPSA) is 137 Å². The second-order valence-electron chi connectivity index (χ2n) is 5.86. The summed E-state index contributed by atoms with van der Waals surface area (Å²) in [5, 5.41) is 31.0. The molecule has 28 heavy (non-hydrogen) atoms. The Morgan fingerprint density at radius 2 is 2.07 bits per heavy atom. The number of hydrogen-bond acceptors (Lipinski definition) is 6. The van der Waals surface area contributed by atoms with Gasteiger partial charge in [-0.15, -0.1) is 0 Å². The van der Waals surface area contributed by atoms with E-state index in [9.17, 15) is 20.0 Å². The van der Waals surface area contributed by atoms with Crippen LogP contribution in [-0.2, 0) is 11.3 Å². The van der Waals surface area contributed by atoms with Gasteiger partial charge in [-0.25, -0.2) is 4.98 Å². The number of carbonyl (C=O) groups excluding carboxylic acids is 1. The van der Waals surface area contributed by atoms with Gasteiger partial charge < -0.3 is 24.8 Å². The number of hydrogen-bond donors (Lipinski definition) is 3. The number of aromatic hydroxyl groups is 1. The number of nitrogens with one attached hydrogen (secondary N) is 1. The second-order valence-corrected chi connectivity index (χ2v) is 5.86. The van der Waals surface area contributed by atoms with Crippen molar-refractivity contribution in [1.82, 2.24) is 14.9 Å². The van der Waals surface area contributed by atoms with Crippen LogP contribution < -0.4 is 10.1 Å². The van der Waals surface area contributed by atoms with Crippen LogP contribution in [0.15, 0.2) is 36.5 Å². The molecule has 2 aromatic heterocycles. The largest absolute Gasteiger partial charge is 0.505 e. The fourth-order valence-corrected chi connectivity index (χ4v) is 2.90. The molecule has 0 unspecified atom stereocenters. The molecule has 9 heteroatoms. The van der Waals surface area contributed by atoms with Crippen LogP contribution in [0, 0.1) is 11.3 Å². The maximum Gasteiger partial charge on any atom is 0.322 e. The van der Waals surface area contributed by atoms with Crippen LogP contribution in [0.5, 0.6) is 11.5 Å². The lowest BCUT2D eigenvalue weighted by molar-refractivity contribution is -0.135. The average Bonchev–Trinajstić information content (AvgIpc) is 3.11. The number of carboxylic acid groups (broad SMARTS) is 1. The number of benzene rings is 1. The maximum atomic E-state index is 12.1. The normalized spacial score (nSPS) is 10.4. The fraction of sp³-hybridized carbons (Fsp3) is 0.158. The predicted molar refractivity (Wildman–Crippen MR) is 98.2 cm³/mol. The van der Waals surface area contributed by atoms with E-state index in [2.05, 4.69) is 10.3 Å². The summed E-state index contributed by atoms with van der Waals surface area (Å²) < 4.78 is 7.06. The number of rotatable bonds is 6. The molecule has 0 aliphatic heterocycles. The molecular weight excluding hydrogens is 364 g/mol. The van der Waals surface area contributed by atoms with Crippen molar-refractivity contribution >= 4 is 22.8 Å². The number of nitriles is 1. The van der Waals surface area contributed by atoms with Crippen LogP contribution >= 0.6 is 0 Å². The molecule has 0 aliphatic carbocycles. The molecule has 1 amide bonds. The van der Waals surface area contributed by atoms with E-state index >= 15 is 0 Å². The quantitative estimate of drug-likeness (QED) is 0.589. The lowest BCUT2D eigenvalue weighted by Gasteiger charge is -2.12. The van der Waals surface area contributed by atoms with Crippen molar-refractivity contribution < 1.29 is 24.5 Å². The first-order valence-electron chi connectivity index (χ1n) is 8.20. The zero-order chi connectivity index (χ0) is 20.3. The molecule has 0 radical (unpaired) electrons. The highest BCUT2D eigenvalue weighted by Gasteiger charge is 2.22. The van der Waals surface area contributed by atoms with Gasteiger partial charge in [-0.1, -0.05) is 18.2 Å². The fourth-order valence-electron chi connectivity index (χ4n) is 2.90. The van der Waals surface area contributed by atoms with Crippen LogP contribution in [0.1, 0.15) is 21.7 Å². The molecular formula is C19H16N4O5. The number of fused-ring (bicyclic) bond motifs is 1. The molecule has 1 aromatic carbocycles. The van der Waals surface area contributed by atoms with E-state index in [1.807, 2.05) is 30.3 Å². The SMILES string of the molecule is COc1ccccc1Cn1ccc2c(O)c(C(=O)NCC(=O)O)nc(C#N)c21. The first-order valence-corrected chi connectivity index (χ1v) is 8.20. The summed E-state index contributed by atoms with van der Waals surface area (Å²) in [6, 6.07) is 10.9. The van der Waals surface area contributed by atoms with Gasteiger partial charge in [0.2, 0.25) is 0 Å².